The van der Waals surface area contributed by atoms with E-state index >= 15 is 0 Å². The molecule has 1 aromatic rings. The Morgan fingerprint density at radius 3 is 3.21 bits per heavy atom. The summed E-state index contributed by atoms with van der Waals surface area (Å²) >= 11 is 1.71. The Kier molecular flexibility index (Phi) is 2.85. The SMILES string of the molecule is CNCc1csc(C2(C)CCCO2)n1. The van der Waals surface area contributed by atoms with Crippen molar-refractivity contribution >= 4 is 11.3 Å². The third-order valence-corrected chi connectivity index (χ3v) is 3.72. The molecule has 3 nitrogen and oxygen atoms in total. The second-order valence-corrected chi connectivity index (χ2v) is 4.72. The van der Waals surface area contributed by atoms with E-state index in [2.05, 4.69) is 22.6 Å². The maximum Gasteiger partial charge on any atom is 0.125 e. The maximum absolute atomic E-state index is 5.75. The van der Waals surface area contributed by atoms with Crippen molar-refractivity contribution in [3.8, 4) is 0 Å². The molecule has 0 spiro atoms. The fourth-order valence-corrected chi connectivity index (χ4v) is 2.72. The molecule has 0 saturated carbocycles. The van der Waals surface area contributed by atoms with Crippen LogP contribution in [0, 0.1) is 0 Å². The van der Waals surface area contributed by atoms with Crippen molar-refractivity contribution in [3.63, 3.8) is 0 Å². The summed E-state index contributed by atoms with van der Waals surface area (Å²) in [5.41, 5.74) is 1.00. The molecule has 4 heteroatoms. The lowest BCUT2D eigenvalue weighted by atomic mass is 10.0. The summed E-state index contributed by atoms with van der Waals surface area (Å²) < 4.78 is 5.75. The molecule has 1 aliphatic rings. The summed E-state index contributed by atoms with van der Waals surface area (Å²) in [6.07, 6.45) is 2.25. The Bertz CT molecular complexity index is 305. The van der Waals surface area contributed by atoms with Crippen LogP contribution in [0.4, 0.5) is 0 Å². The number of thiazole rings is 1. The van der Waals surface area contributed by atoms with E-state index in [-0.39, 0.29) is 5.60 Å². The number of aromatic nitrogens is 1. The van der Waals surface area contributed by atoms with Crippen molar-refractivity contribution in [3.05, 3.63) is 16.1 Å². The van der Waals surface area contributed by atoms with Gasteiger partial charge in [0.25, 0.3) is 0 Å². The van der Waals surface area contributed by atoms with Crippen LogP contribution in [0.15, 0.2) is 5.38 Å². The normalized spacial score (nSPS) is 27.0. The smallest absolute Gasteiger partial charge is 0.125 e. The van der Waals surface area contributed by atoms with E-state index in [0.717, 1.165) is 36.7 Å². The molecule has 1 aliphatic heterocycles. The predicted molar refractivity (Wildman–Crippen MR) is 57.4 cm³/mol. The molecule has 0 bridgehead atoms. The molecule has 78 valence electrons. The lowest BCUT2D eigenvalue weighted by Gasteiger charge is -2.19. The van der Waals surface area contributed by atoms with Gasteiger partial charge in [0.2, 0.25) is 0 Å². The lowest BCUT2D eigenvalue weighted by molar-refractivity contribution is 0.0165. The molecule has 0 aromatic carbocycles. The van der Waals surface area contributed by atoms with Gasteiger partial charge in [-0.25, -0.2) is 4.98 Å². The Hall–Kier alpha value is -0.450. The minimum absolute atomic E-state index is 0.114. The highest BCUT2D eigenvalue weighted by Crippen LogP contribution is 2.36. The third-order valence-electron chi connectivity index (χ3n) is 2.58. The van der Waals surface area contributed by atoms with Crippen molar-refractivity contribution < 1.29 is 4.74 Å². The fraction of sp³-hybridized carbons (Fsp3) is 0.700. The van der Waals surface area contributed by atoms with E-state index in [9.17, 15) is 0 Å². The minimum atomic E-state index is -0.114. The largest absolute Gasteiger partial charge is 0.368 e. The molecule has 2 rings (SSSR count). The second-order valence-electron chi connectivity index (χ2n) is 3.86. The summed E-state index contributed by atoms with van der Waals surface area (Å²) in [7, 11) is 1.94. The van der Waals surface area contributed by atoms with E-state index in [1.54, 1.807) is 11.3 Å². The molecule has 1 unspecified atom stereocenters. The number of nitrogens with zero attached hydrogens (tertiary/aromatic N) is 1. The van der Waals surface area contributed by atoms with Gasteiger partial charge in [-0.15, -0.1) is 11.3 Å². The van der Waals surface area contributed by atoms with Crippen molar-refractivity contribution in [2.24, 2.45) is 0 Å². The summed E-state index contributed by atoms with van der Waals surface area (Å²) in [6, 6.07) is 0. The average molecular weight is 212 g/mol. The first kappa shape index (κ1) is 10.1. The Morgan fingerprint density at radius 1 is 1.71 bits per heavy atom. The monoisotopic (exact) mass is 212 g/mol. The van der Waals surface area contributed by atoms with Gasteiger partial charge in [0.05, 0.1) is 5.69 Å². The summed E-state index contributed by atoms with van der Waals surface area (Å²) in [5, 5.41) is 6.34. The first-order valence-electron chi connectivity index (χ1n) is 4.98. The molecular weight excluding hydrogens is 196 g/mol. The van der Waals surface area contributed by atoms with Crippen LogP contribution in [0.1, 0.15) is 30.5 Å². The van der Waals surface area contributed by atoms with Gasteiger partial charge in [0, 0.05) is 18.5 Å². The van der Waals surface area contributed by atoms with Gasteiger partial charge < -0.3 is 10.1 Å². The van der Waals surface area contributed by atoms with Crippen LogP contribution in [0.5, 0.6) is 0 Å². The highest BCUT2D eigenvalue weighted by atomic mass is 32.1. The molecule has 0 amide bonds. The molecule has 1 saturated heterocycles. The highest BCUT2D eigenvalue weighted by molar-refractivity contribution is 7.09. The van der Waals surface area contributed by atoms with E-state index in [1.165, 1.54) is 0 Å². The van der Waals surface area contributed by atoms with Gasteiger partial charge in [-0.2, -0.15) is 0 Å². The molecule has 1 N–H and O–H groups in total. The molecule has 14 heavy (non-hydrogen) atoms. The van der Waals surface area contributed by atoms with E-state index in [0.29, 0.717) is 0 Å². The summed E-state index contributed by atoms with van der Waals surface area (Å²) in [5.74, 6) is 0. The number of hydrogen-bond acceptors (Lipinski definition) is 4. The quantitative estimate of drug-likeness (QED) is 0.830. The molecule has 1 atom stereocenters. The van der Waals surface area contributed by atoms with Gasteiger partial charge in [-0.1, -0.05) is 0 Å². The van der Waals surface area contributed by atoms with Gasteiger partial charge in [-0.3, -0.25) is 0 Å². The van der Waals surface area contributed by atoms with Crippen LogP contribution in [0.25, 0.3) is 0 Å². The zero-order valence-corrected chi connectivity index (χ0v) is 9.49. The maximum atomic E-state index is 5.75. The molecule has 0 aliphatic carbocycles. The van der Waals surface area contributed by atoms with Gasteiger partial charge >= 0.3 is 0 Å². The van der Waals surface area contributed by atoms with Crippen molar-refractivity contribution in [1.82, 2.24) is 10.3 Å². The minimum Gasteiger partial charge on any atom is -0.368 e. The van der Waals surface area contributed by atoms with Crippen LogP contribution in [-0.4, -0.2) is 18.6 Å². The first-order valence-corrected chi connectivity index (χ1v) is 5.86. The summed E-state index contributed by atoms with van der Waals surface area (Å²) in [6.45, 7) is 3.85. The van der Waals surface area contributed by atoms with E-state index in [1.807, 2.05) is 7.05 Å². The van der Waals surface area contributed by atoms with Gasteiger partial charge in [-0.05, 0) is 26.8 Å². The Balaban J connectivity index is 2.15. The number of ether oxygens (including phenoxy) is 1. The van der Waals surface area contributed by atoms with Crippen molar-refractivity contribution in [2.75, 3.05) is 13.7 Å². The second kappa shape index (κ2) is 3.96. The van der Waals surface area contributed by atoms with Crippen molar-refractivity contribution in [2.45, 2.75) is 31.9 Å². The standard InChI is InChI=1S/C10H16N2OS/c1-10(4-3-5-13-10)9-12-8(6-11-2)7-14-9/h7,11H,3-6H2,1-2H3. The zero-order valence-electron chi connectivity index (χ0n) is 8.67. The number of rotatable bonds is 3. The predicted octanol–water partition coefficient (Wildman–Crippen LogP) is 1.89. The number of nitrogens with one attached hydrogen (secondary N) is 1. The average Bonchev–Trinajstić information content (AvgIpc) is 2.75. The molecule has 1 aromatic heterocycles. The molecule has 1 fully saturated rings. The number of hydrogen-bond donors (Lipinski definition) is 1. The van der Waals surface area contributed by atoms with Crippen LogP contribution < -0.4 is 5.32 Å². The Morgan fingerprint density at radius 2 is 2.57 bits per heavy atom. The molecule has 0 radical (unpaired) electrons. The van der Waals surface area contributed by atoms with Crippen LogP contribution in [-0.2, 0) is 16.9 Å². The van der Waals surface area contributed by atoms with Crippen LogP contribution in [0.3, 0.4) is 0 Å². The Labute approximate surface area is 88.5 Å². The fourth-order valence-electron chi connectivity index (χ4n) is 1.76. The van der Waals surface area contributed by atoms with E-state index < -0.39 is 0 Å². The topological polar surface area (TPSA) is 34.1 Å². The van der Waals surface area contributed by atoms with Gasteiger partial charge in [0.1, 0.15) is 10.6 Å². The van der Waals surface area contributed by atoms with E-state index in [4.69, 9.17) is 4.74 Å². The first-order chi connectivity index (χ1) is 6.74. The highest BCUT2D eigenvalue weighted by Gasteiger charge is 2.34. The molecule has 2 heterocycles. The van der Waals surface area contributed by atoms with Crippen LogP contribution >= 0.6 is 11.3 Å². The lowest BCUT2D eigenvalue weighted by Crippen LogP contribution is -2.19. The van der Waals surface area contributed by atoms with Crippen LogP contribution in [0.2, 0.25) is 0 Å². The van der Waals surface area contributed by atoms with Gasteiger partial charge in [0.15, 0.2) is 0 Å². The molecular formula is C10H16N2OS. The third kappa shape index (κ3) is 1.82. The van der Waals surface area contributed by atoms with Crippen molar-refractivity contribution in [1.29, 1.82) is 0 Å². The zero-order chi connectivity index (χ0) is 10.0. The summed E-state index contributed by atoms with van der Waals surface area (Å²) in [4.78, 5) is 4.58.